The second-order valence-corrected chi connectivity index (χ2v) is 4.63. The first-order valence-corrected chi connectivity index (χ1v) is 6.12. The Morgan fingerprint density at radius 1 is 1.24 bits per heavy atom. The third kappa shape index (κ3) is 2.09. The van der Waals surface area contributed by atoms with Crippen LogP contribution in [0.1, 0.15) is 23.7 Å². The van der Waals surface area contributed by atoms with Crippen molar-refractivity contribution in [3.8, 4) is 5.75 Å². The zero-order chi connectivity index (χ0) is 12.6. The van der Waals surface area contributed by atoms with E-state index in [1.54, 1.807) is 0 Å². The number of hydrogen-bond acceptors (Lipinski definition) is 2. The van der Waals surface area contributed by atoms with Gasteiger partial charge in [0.25, 0.3) is 0 Å². The summed E-state index contributed by atoms with van der Waals surface area (Å²) in [6.45, 7) is 8.66. The maximum absolute atomic E-state index is 6.25. The zero-order valence-corrected chi connectivity index (χ0v) is 11.4. The van der Waals surface area contributed by atoms with Gasteiger partial charge in [0.05, 0.1) is 17.1 Å². The summed E-state index contributed by atoms with van der Waals surface area (Å²) in [5.41, 5.74) is 4.03. The number of aryl methyl sites for hydroxylation is 3. The Bertz CT molecular complexity index is 578. The number of halogens is 1. The molecule has 0 unspecified atom stereocenters. The van der Waals surface area contributed by atoms with Crippen LogP contribution in [0.5, 0.6) is 5.75 Å². The molecule has 0 aliphatic rings. The highest BCUT2D eigenvalue weighted by Gasteiger charge is 2.12. The normalized spacial score (nSPS) is 10.9. The van der Waals surface area contributed by atoms with Crippen molar-refractivity contribution < 1.29 is 4.74 Å². The predicted molar refractivity (Wildman–Crippen MR) is 72.1 cm³/mol. The number of nitrogens with zero attached hydrogens (tertiary/aromatic N) is 1. The van der Waals surface area contributed by atoms with Gasteiger partial charge in [-0.15, -0.1) is 0 Å². The van der Waals surface area contributed by atoms with E-state index in [9.17, 15) is 0 Å². The van der Waals surface area contributed by atoms with E-state index in [2.05, 4.69) is 4.98 Å². The summed E-state index contributed by atoms with van der Waals surface area (Å²) in [4.78, 5) is 4.56. The average Bonchev–Trinajstić information content (AvgIpc) is 2.26. The number of aromatic nitrogens is 1. The summed E-state index contributed by atoms with van der Waals surface area (Å²) in [5.74, 6) is 0.925. The van der Waals surface area contributed by atoms with Gasteiger partial charge >= 0.3 is 0 Å². The fourth-order valence-corrected chi connectivity index (χ4v) is 2.42. The van der Waals surface area contributed by atoms with Crippen LogP contribution in [0.3, 0.4) is 0 Å². The standard InChI is InChI=1S/C14H16ClNO/c1-5-17-14-8(2)6-11-12(15)7-9(3)16-13(11)10(14)4/h6-7H,5H2,1-4H3. The van der Waals surface area contributed by atoms with E-state index in [-0.39, 0.29) is 0 Å². The molecule has 0 bridgehead atoms. The molecule has 2 aromatic rings. The minimum atomic E-state index is 0.659. The molecule has 0 spiro atoms. The average molecular weight is 250 g/mol. The quantitative estimate of drug-likeness (QED) is 0.795. The Kier molecular flexibility index (Phi) is 3.25. The Morgan fingerprint density at radius 2 is 1.94 bits per heavy atom. The zero-order valence-electron chi connectivity index (χ0n) is 10.6. The Balaban J connectivity index is 2.82. The fourth-order valence-electron chi connectivity index (χ4n) is 2.12. The van der Waals surface area contributed by atoms with E-state index in [0.29, 0.717) is 6.61 Å². The molecule has 3 heteroatoms. The second kappa shape index (κ2) is 4.53. The molecule has 0 fully saturated rings. The molecule has 1 heterocycles. The van der Waals surface area contributed by atoms with Gasteiger partial charge in [-0.1, -0.05) is 11.6 Å². The van der Waals surface area contributed by atoms with Crippen LogP contribution in [0.15, 0.2) is 12.1 Å². The first-order chi connectivity index (χ1) is 8.04. The summed E-state index contributed by atoms with van der Waals surface area (Å²) >= 11 is 6.25. The van der Waals surface area contributed by atoms with Gasteiger partial charge in [0.1, 0.15) is 5.75 Å². The van der Waals surface area contributed by atoms with Crippen molar-refractivity contribution in [1.82, 2.24) is 4.98 Å². The summed E-state index contributed by atoms with van der Waals surface area (Å²) in [7, 11) is 0. The smallest absolute Gasteiger partial charge is 0.127 e. The summed E-state index contributed by atoms with van der Waals surface area (Å²) in [6.07, 6.45) is 0. The SMILES string of the molecule is CCOc1c(C)cc2c(Cl)cc(C)nc2c1C. The third-order valence-corrected chi connectivity index (χ3v) is 3.15. The number of hydrogen-bond donors (Lipinski definition) is 0. The minimum Gasteiger partial charge on any atom is -0.493 e. The van der Waals surface area contributed by atoms with E-state index < -0.39 is 0 Å². The van der Waals surface area contributed by atoms with Crippen LogP contribution in [-0.4, -0.2) is 11.6 Å². The molecular weight excluding hydrogens is 234 g/mol. The van der Waals surface area contributed by atoms with Crippen LogP contribution in [0, 0.1) is 20.8 Å². The highest BCUT2D eigenvalue weighted by molar-refractivity contribution is 6.35. The molecule has 0 amide bonds. The lowest BCUT2D eigenvalue weighted by Gasteiger charge is -2.14. The second-order valence-electron chi connectivity index (χ2n) is 4.22. The van der Waals surface area contributed by atoms with Gasteiger partial charge in [0, 0.05) is 16.6 Å². The van der Waals surface area contributed by atoms with Gasteiger partial charge in [-0.05, 0) is 45.4 Å². The number of benzene rings is 1. The molecule has 1 aromatic carbocycles. The highest BCUT2D eigenvalue weighted by atomic mass is 35.5. The van der Waals surface area contributed by atoms with Crippen LogP contribution in [0.25, 0.3) is 10.9 Å². The van der Waals surface area contributed by atoms with E-state index >= 15 is 0 Å². The van der Waals surface area contributed by atoms with Crippen LogP contribution >= 0.6 is 11.6 Å². The molecule has 0 saturated heterocycles. The molecule has 2 nitrogen and oxygen atoms in total. The predicted octanol–water partition coefficient (Wildman–Crippen LogP) is 4.21. The monoisotopic (exact) mass is 249 g/mol. The Labute approximate surface area is 107 Å². The molecule has 0 aliphatic heterocycles. The van der Waals surface area contributed by atoms with E-state index in [1.807, 2.05) is 39.8 Å². The van der Waals surface area contributed by atoms with Crippen molar-refractivity contribution in [3.05, 3.63) is 34.0 Å². The number of ether oxygens (including phenoxy) is 1. The van der Waals surface area contributed by atoms with Crippen LogP contribution in [0.2, 0.25) is 5.02 Å². The van der Waals surface area contributed by atoms with Crippen molar-refractivity contribution in [2.45, 2.75) is 27.7 Å². The van der Waals surface area contributed by atoms with Gasteiger partial charge in [0.15, 0.2) is 0 Å². The highest BCUT2D eigenvalue weighted by Crippen LogP contribution is 2.33. The number of rotatable bonds is 2. The molecular formula is C14H16ClNO. The van der Waals surface area contributed by atoms with Crippen LogP contribution in [0.4, 0.5) is 0 Å². The van der Waals surface area contributed by atoms with E-state index in [1.165, 1.54) is 0 Å². The molecule has 0 atom stereocenters. The van der Waals surface area contributed by atoms with Crippen LogP contribution < -0.4 is 4.74 Å². The van der Waals surface area contributed by atoms with Gasteiger partial charge in [-0.3, -0.25) is 4.98 Å². The lowest BCUT2D eigenvalue weighted by molar-refractivity contribution is 0.336. The van der Waals surface area contributed by atoms with Crippen molar-refractivity contribution >= 4 is 22.5 Å². The number of fused-ring (bicyclic) bond motifs is 1. The first-order valence-electron chi connectivity index (χ1n) is 5.74. The Hall–Kier alpha value is -1.28. The molecule has 0 aliphatic carbocycles. The van der Waals surface area contributed by atoms with Crippen molar-refractivity contribution in [2.24, 2.45) is 0 Å². The molecule has 90 valence electrons. The summed E-state index contributed by atoms with van der Waals surface area (Å²) in [5, 5.41) is 1.75. The third-order valence-electron chi connectivity index (χ3n) is 2.84. The minimum absolute atomic E-state index is 0.659. The maximum atomic E-state index is 6.25. The first kappa shape index (κ1) is 12.2. The largest absolute Gasteiger partial charge is 0.493 e. The topological polar surface area (TPSA) is 22.1 Å². The molecule has 0 radical (unpaired) electrons. The number of pyridine rings is 1. The molecule has 17 heavy (non-hydrogen) atoms. The molecule has 2 rings (SSSR count). The van der Waals surface area contributed by atoms with Gasteiger partial charge < -0.3 is 4.74 Å². The van der Waals surface area contributed by atoms with Crippen molar-refractivity contribution in [2.75, 3.05) is 6.61 Å². The molecule has 0 N–H and O–H groups in total. The van der Waals surface area contributed by atoms with Gasteiger partial charge in [-0.2, -0.15) is 0 Å². The fraction of sp³-hybridized carbons (Fsp3) is 0.357. The lowest BCUT2D eigenvalue weighted by atomic mass is 10.0. The van der Waals surface area contributed by atoms with Crippen molar-refractivity contribution in [1.29, 1.82) is 0 Å². The van der Waals surface area contributed by atoms with E-state index in [4.69, 9.17) is 16.3 Å². The van der Waals surface area contributed by atoms with E-state index in [0.717, 1.165) is 38.5 Å². The van der Waals surface area contributed by atoms with Crippen molar-refractivity contribution in [3.63, 3.8) is 0 Å². The van der Waals surface area contributed by atoms with Gasteiger partial charge in [-0.25, -0.2) is 0 Å². The summed E-state index contributed by atoms with van der Waals surface area (Å²) < 4.78 is 5.67. The summed E-state index contributed by atoms with van der Waals surface area (Å²) in [6, 6.07) is 3.94. The maximum Gasteiger partial charge on any atom is 0.127 e. The molecule has 1 aromatic heterocycles. The Morgan fingerprint density at radius 3 is 2.59 bits per heavy atom. The van der Waals surface area contributed by atoms with Crippen LogP contribution in [-0.2, 0) is 0 Å². The van der Waals surface area contributed by atoms with Gasteiger partial charge in [0.2, 0.25) is 0 Å². The lowest BCUT2D eigenvalue weighted by Crippen LogP contribution is -1.99. The molecule has 0 saturated carbocycles.